The number of carbonyl (C=O) groups is 1. The molecule has 0 aliphatic carbocycles. The highest BCUT2D eigenvalue weighted by atomic mass is 16.1. The third-order valence-electron chi connectivity index (χ3n) is 2.59. The van der Waals surface area contributed by atoms with Gasteiger partial charge in [-0.3, -0.25) is 9.69 Å². The van der Waals surface area contributed by atoms with Gasteiger partial charge in [-0.15, -0.1) is 0 Å². The van der Waals surface area contributed by atoms with Gasteiger partial charge in [-0.2, -0.15) is 0 Å². The zero-order valence-electron chi connectivity index (χ0n) is 7.49. The summed E-state index contributed by atoms with van der Waals surface area (Å²) in [5, 5.41) is 0. The molecule has 1 saturated heterocycles. The third-order valence-corrected chi connectivity index (χ3v) is 2.59. The molecule has 4 nitrogen and oxygen atoms in total. The quantitative estimate of drug-likeness (QED) is 0.580. The highest BCUT2D eigenvalue weighted by Crippen LogP contribution is 2.17. The maximum absolute atomic E-state index is 10.8. The fourth-order valence-corrected chi connectivity index (χ4v) is 1.57. The lowest BCUT2D eigenvalue weighted by atomic mass is 10.1. The lowest BCUT2D eigenvalue weighted by Crippen LogP contribution is -2.37. The summed E-state index contributed by atoms with van der Waals surface area (Å²) < 4.78 is 0. The summed E-state index contributed by atoms with van der Waals surface area (Å²) in [7, 11) is 0. The first-order chi connectivity index (χ1) is 5.65. The van der Waals surface area contributed by atoms with Crippen LogP contribution in [-0.2, 0) is 4.79 Å². The van der Waals surface area contributed by atoms with Gasteiger partial charge >= 0.3 is 0 Å². The zero-order valence-corrected chi connectivity index (χ0v) is 7.49. The predicted molar refractivity (Wildman–Crippen MR) is 47.4 cm³/mol. The van der Waals surface area contributed by atoms with Gasteiger partial charge in [-0.25, -0.2) is 0 Å². The Hall–Kier alpha value is -0.610. The van der Waals surface area contributed by atoms with E-state index in [1.807, 2.05) is 0 Å². The number of nitrogens with two attached hydrogens (primary N) is 2. The molecule has 0 aromatic heterocycles. The highest BCUT2D eigenvalue weighted by Gasteiger charge is 2.28. The zero-order chi connectivity index (χ0) is 9.14. The second-order valence-corrected chi connectivity index (χ2v) is 3.47. The molecule has 0 spiro atoms. The molecule has 0 radical (unpaired) electrons. The Balaban J connectivity index is 2.40. The number of primary amides is 1. The smallest absolute Gasteiger partial charge is 0.221 e. The lowest BCUT2D eigenvalue weighted by Gasteiger charge is -2.22. The van der Waals surface area contributed by atoms with Crippen molar-refractivity contribution in [3.63, 3.8) is 0 Å². The maximum atomic E-state index is 10.8. The molecule has 0 aromatic rings. The number of nitrogens with zero attached hydrogens (tertiary/aromatic N) is 1. The minimum atomic E-state index is -0.179. The molecular weight excluding hydrogens is 154 g/mol. The van der Waals surface area contributed by atoms with E-state index in [1.54, 1.807) is 0 Å². The molecule has 1 amide bonds. The van der Waals surface area contributed by atoms with E-state index in [9.17, 15) is 4.79 Å². The molecule has 0 saturated carbocycles. The van der Waals surface area contributed by atoms with E-state index in [4.69, 9.17) is 11.5 Å². The van der Waals surface area contributed by atoms with Crippen LogP contribution in [0.15, 0.2) is 0 Å². The number of amides is 1. The normalized spacial score (nSPS) is 27.3. The average molecular weight is 171 g/mol. The molecule has 1 aliphatic rings. The van der Waals surface area contributed by atoms with Crippen LogP contribution in [0.3, 0.4) is 0 Å². The van der Waals surface area contributed by atoms with Crippen LogP contribution in [0.25, 0.3) is 0 Å². The molecule has 4 N–H and O–H groups in total. The molecule has 70 valence electrons. The largest absolute Gasteiger partial charge is 0.369 e. The monoisotopic (exact) mass is 171 g/mol. The van der Waals surface area contributed by atoms with E-state index in [0.717, 1.165) is 19.5 Å². The van der Waals surface area contributed by atoms with Gasteiger partial charge in [0.2, 0.25) is 5.91 Å². The summed E-state index contributed by atoms with van der Waals surface area (Å²) in [5.74, 6) is -0.138. The van der Waals surface area contributed by atoms with Gasteiger partial charge in [-0.05, 0) is 19.9 Å². The Bertz CT molecular complexity index is 172. The second kappa shape index (κ2) is 3.87. The highest BCUT2D eigenvalue weighted by molar-refractivity contribution is 5.77. The first-order valence-corrected chi connectivity index (χ1v) is 4.38. The van der Waals surface area contributed by atoms with Gasteiger partial charge < -0.3 is 11.5 Å². The second-order valence-electron chi connectivity index (χ2n) is 3.47. The van der Waals surface area contributed by atoms with Gasteiger partial charge in [0, 0.05) is 19.1 Å². The predicted octanol–water partition coefficient (Wildman–Crippen LogP) is -0.859. The molecule has 1 rings (SSSR count). The van der Waals surface area contributed by atoms with Crippen LogP contribution in [0.1, 0.15) is 13.3 Å². The van der Waals surface area contributed by atoms with Crippen molar-refractivity contribution in [1.29, 1.82) is 0 Å². The standard InChI is InChI=1S/C8H17N3O/c1-6(4-9)11-3-2-7(5-11)8(10)12/h6-7H,2-5,9H2,1H3,(H2,10,12). The molecule has 2 atom stereocenters. The molecule has 2 unspecified atom stereocenters. The fourth-order valence-electron chi connectivity index (χ4n) is 1.57. The van der Waals surface area contributed by atoms with Gasteiger partial charge in [-0.1, -0.05) is 0 Å². The molecule has 0 aromatic carbocycles. The number of carbonyl (C=O) groups excluding carboxylic acids is 1. The summed E-state index contributed by atoms with van der Waals surface area (Å²) in [5.41, 5.74) is 10.7. The van der Waals surface area contributed by atoms with Crippen LogP contribution in [0.2, 0.25) is 0 Å². The first kappa shape index (κ1) is 9.48. The van der Waals surface area contributed by atoms with Crippen molar-refractivity contribution in [2.75, 3.05) is 19.6 Å². The van der Waals surface area contributed by atoms with Gasteiger partial charge in [0.25, 0.3) is 0 Å². The minimum Gasteiger partial charge on any atom is -0.369 e. The van der Waals surface area contributed by atoms with Crippen molar-refractivity contribution in [2.24, 2.45) is 17.4 Å². The van der Waals surface area contributed by atoms with Crippen LogP contribution in [-0.4, -0.2) is 36.5 Å². The van der Waals surface area contributed by atoms with Crippen LogP contribution in [0, 0.1) is 5.92 Å². The van der Waals surface area contributed by atoms with Crippen LogP contribution < -0.4 is 11.5 Å². The Labute approximate surface area is 72.9 Å². The topological polar surface area (TPSA) is 72.3 Å². The van der Waals surface area contributed by atoms with Crippen molar-refractivity contribution in [3.8, 4) is 0 Å². The minimum absolute atomic E-state index is 0.0407. The molecule has 1 fully saturated rings. The molecular formula is C8H17N3O. The lowest BCUT2D eigenvalue weighted by molar-refractivity contribution is -0.121. The molecule has 0 bridgehead atoms. The molecule has 1 aliphatic heterocycles. The van der Waals surface area contributed by atoms with E-state index in [2.05, 4.69) is 11.8 Å². The Morgan fingerprint density at radius 1 is 1.75 bits per heavy atom. The molecule has 12 heavy (non-hydrogen) atoms. The fraction of sp³-hybridized carbons (Fsp3) is 0.875. The number of likely N-dealkylation sites (tertiary alicyclic amines) is 1. The third kappa shape index (κ3) is 1.95. The summed E-state index contributed by atoms with van der Waals surface area (Å²) in [6.07, 6.45) is 0.889. The number of hydrogen-bond acceptors (Lipinski definition) is 3. The summed E-state index contributed by atoms with van der Waals surface area (Å²) >= 11 is 0. The van der Waals surface area contributed by atoms with Crippen molar-refractivity contribution in [1.82, 2.24) is 4.90 Å². The van der Waals surface area contributed by atoms with Crippen molar-refractivity contribution >= 4 is 5.91 Å². The van der Waals surface area contributed by atoms with E-state index < -0.39 is 0 Å². The number of rotatable bonds is 3. The average Bonchev–Trinajstić information content (AvgIpc) is 2.51. The SMILES string of the molecule is CC(CN)N1CCC(C(N)=O)C1. The van der Waals surface area contributed by atoms with E-state index >= 15 is 0 Å². The van der Waals surface area contributed by atoms with E-state index in [1.165, 1.54) is 0 Å². The maximum Gasteiger partial charge on any atom is 0.221 e. The van der Waals surface area contributed by atoms with E-state index in [-0.39, 0.29) is 11.8 Å². The van der Waals surface area contributed by atoms with Gasteiger partial charge in [0.1, 0.15) is 0 Å². The first-order valence-electron chi connectivity index (χ1n) is 4.38. The van der Waals surface area contributed by atoms with Crippen molar-refractivity contribution in [2.45, 2.75) is 19.4 Å². The van der Waals surface area contributed by atoms with Crippen LogP contribution in [0.4, 0.5) is 0 Å². The van der Waals surface area contributed by atoms with Crippen molar-refractivity contribution < 1.29 is 4.79 Å². The number of hydrogen-bond donors (Lipinski definition) is 2. The summed E-state index contributed by atoms with van der Waals surface area (Å²) in [4.78, 5) is 13.0. The Morgan fingerprint density at radius 2 is 2.42 bits per heavy atom. The summed E-state index contributed by atoms with van der Waals surface area (Å²) in [6, 6.07) is 0.370. The molecule has 4 heteroatoms. The van der Waals surface area contributed by atoms with Crippen LogP contribution >= 0.6 is 0 Å². The summed E-state index contributed by atoms with van der Waals surface area (Å²) in [6.45, 7) is 4.45. The van der Waals surface area contributed by atoms with Gasteiger partial charge in [0.15, 0.2) is 0 Å². The van der Waals surface area contributed by atoms with Crippen LogP contribution in [0.5, 0.6) is 0 Å². The van der Waals surface area contributed by atoms with Gasteiger partial charge in [0.05, 0.1) is 5.92 Å². The Morgan fingerprint density at radius 3 is 2.83 bits per heavy atom. The molecule has 1 heterocycles. The van der Waals surface area contributed by atoms with Crippen molar-refractivity contribution in [3.05, 3.63) is 0 Å². The Kier molecular flexibility index (Phi) is 3.05. The van der Waals surface area contributed by atoms with E-state index in [0.29, 0.717) is 12.6 Å².